The Kier molecular flexibility index (Phi) is 11.4. The summed E-state index contributed by atoms with van der Waals surface area (Å²) in [5.41, 5.74) is 17.1. The molecule has 0 saturated heterocycles. The van der Waals surface area contributed by atoms with E-state index < -0.39 is 11.6 Å². The van der Waals surface area contributed by atoms with E-state index in [4.69, 9.17) is 23.1 Å². The Morgan fingerprint density at radius 3 is 1.55 bits per heavy atom. The Hall–Kier alpha value is -6.79. The zero-order chi connectivity index (χ0) is 41.1. The summed E-state index contributed by atoms with van der Waals surface area (Å²) in [7, 11) is 6.11. The van der Waals surface area contributed by atoms with Gasteiger partial charge < -0.3 is 30.4 Å². The maximum atomic E-state index is 13.9. The van der Waals surface area contributed by atoms with E-state index in [9.17, 15) is 8.78 Å². The Labute approximate surface area is 336 Å². The largest absolute Gasteiger partial charge is 0.382 e. The molecular weight excluding hydrogens is 766 g/mol. The molecule has 8 rings (SSSR count). The smallest absolute Gasteiger partial charge is 0.166 e. The van der Waals surface area contributed by atoms with Crippen molar-refractivity contribution in [3.8, 4) is 22.8 Å². The number of nitrogen functional groups attached to an aromatic ring is 2. The number of hydrogen-bond acceptors (Lipinski definition) is 14. The summed E-state index contributed by atoms with van der Waals surface area (Å²) in [5, 5.41) is 0.404. The second kappa shape index (κ2) is 16.7. The fourth-order valence-electron chi connectivity index (χ4n) is 6.14. The molecular formula is C39H39ClF2N16. The van der Waals surface area contributed by atoms with Crippen LogP contribution in [0.5, 0.6) is 0 Å². The number of nitrogens with two attached hydrogens (primary N) is 2. The minimum absolute atomic E-state index is 0.270. The molecule has 16 nitrogen and oxygen atoms in total. The minimum atomic E-state index is -0.454. The van der Waals surface area contributed by atoms with Crippen molar-refractivity contribution in [3.05, 3.63) is 113 Å². The number of nitrogens with zero attached hydrogens (tertiary/aromatic N) is 14. The van der Waals surface area contributed by atoms with Gasteiger partial charge in [0.25, 0.3) is 0 Å². The standard InChI is InChI=1S/C22H26FN9.C17H13ClFN7/c1-14-27-20(24)19-22(28-14)32(21(29-19)16-9-17(23)12-25-11-16)13-15-5-6-18(26-10-15)31(4)8-7-30(2)3;1-9-23-15(20)14-17(24-9)26(8-10-2-3-13(18)22-5-10)16(25-14)11-4-12(19)7-21-6-11/h5-6,9-12H,7-8,13H2,1-4H3,(H2,24,27,28);2-7H,8H2,1H3,(H2,20,23,24). The average Bonchev–Trinajstić information content (AvgIpc) is 3.74. The van der Waals surface area contributed by atoms with Crippen molar-refractivity contribution in [2.75, 3.05) is 50.6 Å². The third-order valence-corrected chi connectivity index (χ3v) is 9.17. The quantitative estimate of drug-likeness (QED) is 0.167. The van der Waals surface area contributed by atoms with Gasteiger partial charge in [-0.25, -0.2) is 48.7 Å². The second-order valence-corrected chi connectivity index (χ2v) is 14.1. The van der Waals surface area contributed by atoms with Crippen molar-refractivity contribution < 1.29 is 8.78 Å². The van der Waals surface area contributed by atoms with Gasteiger partial charge in [-0.3, -0.25) is 9.97 Å². The fourth-order valence-corrected chi connectivity index (χ4v) is 6.26. The van der Waals surface area contributed by atoms with Crippen molar-refractivity contribution in [1.82, 2.24) is 63.9 Å². The molecule has 0 unspecified atom stereocenters. The Morgan fingerprint density at radius 2 is 1.12 bits per heavy atom. The van der Waals surface area contributed by atoms with Crippen LogP contribution in [0.15, 0.2) is 73.6 Å². The van der Waals surface area contributed by atoms with Gasteiger partial charge in [-0.1, -0.05) is 23.7 Å². The van der Waals surface area contributed by atoms with Crippen LogP contribution >= 0.6 is 11.6 Å². The zero-order valence-corrected chi connectivity index (χ0v) is 33.1. The Balaban J connectivity index is 0.000000180. The molecule has 0 aliphatic rings. The minimum Gasteiger partial charge on any atom is -0.382 e. The Morgan fingerprint density at radius 1 is 0.621 bits per heavy atom. The van der Waals surface area contributed by atoms with E-state index in [0.29, 0.717) is 75.0 Å². The number of rotatable bonds is 10. The van der Waals surface area contributed by atoms with E-state index in [1.54, 1.807) is 32.3 Å². The van der Waals surface area contributed by atoms with Crippen molar-refractivity contribution in [3.63, 3.8) is 0 Å². The number of likely N-dealkylation sites (N-methyl/N-ethyl adjacent to an activating group) is 2. The van der Waals surface area contributed by atoms with Crippen molar-refractivity contribution in [2.45, 2.75) is 26.9 Å². The van der Waals surface area contributed by atoms with E-state index >= 15 is 0 Å². The highest BCUT2D eigenvalue weighted by Crippen LogP contribution is 2.29. The van der Waals surface area contributed by atoms with Crippen LogP contribution in [0.1, 0.15) is 22.8 Å². The number of aryl methyl sites for hydroxylation is 2. The molecule has 8 aromatic heterocycles. The van der Waals surface area contributed by atoms with Crippen LogP contribution in [0, 0.1) is 25.5 Å². The molecule has 296 valence electrons. The molecule has 4 N–H and O–H groups in total. The SMILES string of the molecule is Cc1nc(N)c2nc(-c3cncc(F)c3)n(Cc3ccc(Cl)nc3)c2n1.Cc1nc(N)c2nc(-c3cncc(F)c3)n(Cc3ccc(N(C)CCN(C)C)nc3)c2n1. The summed E-state index contributed by atoms with van der Waals surface area (Å²) in [4.78, 5) is 47.4. The molecule has 0 aliphatic carbocycles. The Bertz CT molecular complexity index is 2720. The monoisotopic (exact) mass is 804 g/mol. The molecule has 0 atom stereocenters. The highest BCUT2D eigenvalue weighted by molar-refractivity contribution is 6.29. The van der Waals surface area contributed by atoms with Crippen LogP contribution in [-0.2, 0) is 13.1 Å². The summed E-state index contributed by atoms with van der Waals surface area (Å²) in [6.45, 7) is 6.18. The molecule has 0 radical (unpaired) electrons. The number of anilines is 3. The van der Waals surface area contributed by atoms with Crippen LogP contribution in [-0.4, -0.2) is 98.1 Å². The molecule has 0 fully saturated rings. The summed E-state index contributed by atoms with van der Waals surface area (Å²) >= 11 is 5.86. The lowest BCUT2D eigenvalue weighted by molar-refractivity contribution is 0.416. The van der Waals surface area contributed by atoms with Gasteiger partial charge in [0.1, 0.15) is 45.9 Å². The van der Waals surface area contributed by atoms with Gasteiger partial charge in [-0.05, 0) is 63.3 Å². The molecule has 0 aromatic carbocycles. The van der Waals surface area contributed by atoms with Crippen molar-refractivity contribution in [1.29, 1.82) is 0 Å². The number of halogens is 3. The van der Waals surface area contributed by atoms with Gasteiger partial charge in [0, 0.05) is 56.1 Å². The molecule has 0 bridgehead atoms. The molecule has 0 saturated carbocycles. The lowest BCUT2D eigenvalue weighted by Gasteiger charge is -2.20. The van der Waals surface area contributed by atoms with Crippen LogP contribution in [0.4, 0.5) is 26.2 Å². The van der Waals surface area contributed by atoms with E-state index in [2.05, 4.69) is 59.6 Å². The fraction of sp³-hybridized carbons (Fsp3) is 0.231. The van der Waals surface area contributed by atoms with Crippen LogP contribution in [0.25, 0.3) is 45.1 Å². The van der Waals surface area contributed by atoms with E-state index in [1.807, 2.05) is 54.7 Å². The molecule has 0 aliphatic heterocycles. The molecule has 0 amide bonds. The first-order chi connectivity index (χ1) is 27.8. The number of imidazole rings is 2. The number of hydrogen-bond donors (Lipinski definition) is 2. The summed E-state index contributed by atoms with van der Waals surface area (Å²) in [6.07, 6.45) is 8.90. The van der Waals surface area contributed by atoms with Crippen LogP contribution in [0.2, 0.25) is 5.15 Å². The second-order valence-electron chi connectivity index (χ2n) is 13.7. The lowest BCUT2D eigenvalue weighted by Crippen LogP contribution is -2.28. The van der Waals surface area contributed by atoms with Gasteiger partial charge in [-0.15, -0.1) is 0 Å². The highest BCUT2D eigenvalue weighted by atomic mass is 35.5. The third-order valence-electron chi connectivity index (χ3n) is 8.95. The van der Waals surface area contributed by atoms with Crippen molar-refractivity contribution in [2.24, 2.45) is 0 Å². The number of aromatic nitrogens is 12. The van der Waals surface area contributed by atoms with Gasteiger partial charge in [0.2, 0.25) is 0 Å². The predicted molar refractivity (Wildman–Crippen MR) is 219 cm³/mol. The first-order valence-corrected chi connectivity index (χ1v) is 18.3. The summed E-state index contributed by atoms with van der Waals surface area (Å²) in [5.74, 6) is 2.62. The molecule has 19 heteroatoms. The topological polar surface area (TPSA) is 197 Å². The maximum absolute atomic E-state index is 13.9. The van der Waals surface area contributed by atoms with E-state index in [1.165, 1.54) is 18.3 Å². The maximum Gasteiger partial charge on any atom is 0.166 e. The summed E-state index contributed by atoms with van der Waals surface area (Å²) < 4.78 is 31.3. The number of pyridine rings is 4. The molecule has 58 heavy (non-hydrogen) atoms. The van der Waals surface area contributed by atoms with Gasteiger partial charge in [-0.2, -0.15) is 0 Å². The lowest BCUT2D eigenvalue weighted by atomic mass is 10.2. The van der Waals surface area contributed by atoms with Gasteiger partial charge in [0.05, 0.1) is 25.5 Å². The number of fused-ring (bicyclic) bond motifs is 2. The molecule has 8 heterocycles. The van der Waals surface area contributed by atoms with Crippen LogP contribution in [0.3, 0.4) is 0 Å². The van der Waals surface area contributed by atoms with Gasteiger partial charge in [0.15, 0.2) is 34.0 Å². The molecule has 8 aromatic rings. The highest BCUT2D eigenvalue weighted by Gasteiger charge is 2.20. The summed E-state index contributed by atoms with van der Waals surface area (Å²) in [6, 6.07) is 10.3. The van der Waals surface area contributed by atoms with Gasteiger partial charge >= 0.3 is 0 Å². The van der Waals surface area contributed by atoms with E-state index in [0.717, 1.165) is 42.4 Å². The zero-order valence-electron chi connectivity index (χ0n) is 32.3. The van der Waals surface area contributed by atoms with E-state index in [-0.39, 0.29) is 11.6 Å². The van der Waals surface area contributed by atoms with Crippen molar-refractivity contribution >= 4 is 51.4 Å². The predicted octanol–water partition coefficient (Wildman–Crippen LogP) is 5.37. The first-order valence-electron chi connectivity index (χ1n) is 18.0. The normalized spacial score (nSPS) is 11.3. The third kappa shape index (κ3) is 8.77. The van der Waals surface area contributed by atoms with Crippen LogP contribution < -0.4 is 16.4 Å². The molecule has 0 spiro atoms. The first kappa shape index (κ1) is 39.4. The average molecular weight is 805 g/mol.